The Morgan fingerprint density at radius 1 is 0.650 bits per heavy atom. The first kappa shape index (κ1) is 68.9. The maximum atomic E-state index is 13.0. The minimum absolute atomic E-state index is 0.00864. The molecule has 2 amide bonds. The summed E-state index contributed by atoms with van der Waals surface area (Å²) in [7, 11) is 10.5. The summed E-state index contributed by atoms with van der Waals surface area (Å²) < 4.78 is 11.7. The third kappa shape index (κ3) is 23.2. The lowest BCUT2D eigenvalue weighted by atomic mass is 9.78. The van der Waals surface area contributed by atoms with Gasteiger partial charge in [0.25, 0.3) is 11.8 Å². The third-order valence-electron chi connectivity index (χ3n) is 15.6. The quantitative estimate of drug-likeness (QED) is 0.0143. The van der Waals surface area contributed by atoms with E-state index in [4.69, 9.17) is 9.47 Å². The lowest BCUT2D eigenvalue weighted by molar-refractivity contribution is -0.928. The van der Waals surface area contributed by atoms with Crippen molar-refractivity contribution in [1.29, 1.82) is 0 Å². The topological polar surface area (TPSA) is 285 Å². The highest BCUT2D eigenvalue weighted by Gasteiger charge is 2.39. The van der Waals surface area contributed by atoms with Crippen molar-refractivity contribution in [3.05, 3.63) is 59.7 Å². The molecule has 0 heterocycles. The number of likely N-dealkylation sites (N-methyl/N-ethyl adjacent to an activating group) is 3. The highest BCUT2D eigenvalue weighted by Crippen LogP contribution is 2.35. The molecule has 20 nitrogen and oxygen atoms in total. The summed E-state index contributed by atoms with van der Waals surface area (Å²) in [5, 5.41) is 76.7. The van der Waals surface area contributed by atoms with Gasteiger partial charge in [-0.15, -0.1) is 5.10 Å². The molecule has 0 aliphatic heterocycles. The lowest BCUT2D eigenvalue weighted by Crippen LogP contribution is -2.60. The monoisotopic (exact) mass is 1130 g/mol. The molecule has 0 bridgehead atoms. The standard InChI is InChI=1S/C41H60N4O10.C19H38N2O4/c1-41(2,27-15-19-31(20-16-27)54-25-29(46)23-44(3,4)42-37(48)33-11-7-9-13-35(33)39(50)51)28-17-21-32(22-18-28)55-26-30(47)24-45(5,6)43-38(49)34-12-8-10-14-36(34)40(52)53;1-7-8-9-10-11-14(2)12-17(16(4)19(24)25)18(23)20-21(5,6)13-15(3)22/h15-22,29-30,33-36,46-47H,7-14,23-26H2,1-6H3,(H2-2,42,43,48,49,50,51,52,53);14-17,22H,7-13H2,1-6H3,(H-,20,23,24,25)/p+2. The number of nitrogens with zero attached hydrogens (tertiary/aromatic N) is 4. The molecular weight excluding hydrogens is 1030 g/mol. The van der Waals surface area contributed by atoms with Crippen molar-refractivity contribution in [1.82, 2.24) is 10.9 Å². The molecule has 20 heteroatoms. The molecule has 2 aromatic rings. The largest absolute Gasteiger partial charge is 0.858 e. The fourth-order valence-corrected chi connectivity index (χ4v) is 11.2. The van der Waals surface area contributed by atoms with E-state index in [0.29, 0.717) is 56.1 Å². The second-order valence-electron chi connectivity index (χ2n) is 25.0. The zero-order chi connectivity index (χ0) is 60.2. The van der Waals surface area contributed by atoms with E-state index in [1.165, 1.54) is 19.3 Å². The van der Waals surface area contributed by atoms with E-state index in [9.17, 15) is 59.7 Å². The van der Waals surface area contributed by atoms with E-state index in [0.717, 1.165) is 49.7 Å². The van der Waals surface area contributed by atoms with Gasteiger partial charge in [-0.2, -0.15) is 0 Å². The van der Waals surface area contributed by atoms with Crippen LogP contribution in [-0.2, 0) is 29.4 Å². The van der Waals surface area contributed by atoms with Crippen LogP contribution < -0.4 is 25.4 Å². The molecule has 4 rings (SSSR count). The van der Waals surface area contributed by atoms with Gasteiger partial charge in [0.1, 0.15) is 62.7 Å². The minimum Gasteiger partial charge on any atom is -0.858 e. The maximum Gasteiger partial charge on any atom is 0.307 e. The molecule has 80 heavy (non-hydrogen) atoms. The fourth-order valence-electron chi connectivity index (χ4n) is 11.2. The highest BCUT2D eigenvalue weighted by atomic mass is 16.5. The first-order valence-corrected chi connectivity index (χ1v) is 28.9. The van der Waals surface area contributed by atoms with Crippen LogP contribution in [0.1, 0.15) is 143 Å². The second-order valence-corrected chi connectivity index (χ2v) is 25.0. The van der Waals surface area contributed by atoms with Gasteiger partial charge in [0.05, 0.1) is 71.9 Å². The summed E-state index contributed by atoms with van der Waals surface area (Å²) in [6, 6.07) is 15.2. The predicted molar refractivity (Wildman–Crippen MR) is 303 cm³/mol. The number of quaternary nitrogens is 3. The van der Waals surface area contributed by atoms with Crippen molar-refractivity contribution in [3.8, 4) is 11.5 Å². The molecule has 10 unspecified atom stereocenters. The number of ether oxygens (including phenoxy) is 2. The van der Waals surface area contributed by atoms with Crippen LogP contribution >= 0.6 is 0 Å². The Labute approximate surface area is 475 Å². The van der Waals surface area contributed by atoms with E-state index < -0.39 is 77.6 Å². The van der Waals surface area contributed by atoms with Gasteiger partial charge in [-0.05, 0) is 80.3 Å². The molecule has 10 atom stereocenters. The van der Waals surface area contributed by atoms with Crippen LogP contribution in [0.4, 0.5) is 0 Å². The van der Waals surface area contributed by atoms with Crippen molar-refractivity contribution in [2.24, 2.45) is 46.5 Å². The molecule has 2 fully saturated rings. The summed E-state index contributed by atoms with van der Waals surface area (Å²) in [4.78, 5) is 60.4. The van der Waals surface area contributed by atoms with Crippen LogP contribution in [0, 0.1) is 41.4 Å². The van der Waals surface area contributed by atoms with Crippen LogP contribution in [-0.4, -0.2) is 173 Å². The van der Waals surface area contributed by atoms with Crippen LogP contribution in [0.2, 0.25) is 0 Å². The van der Waals surface area contributed by atoms with E-state index in [-0.39, 0.29) is 57.3 Å². The van der Waals surface area contributed by atoms with Crippen LogP contribution in [0.3, 0.4) is 0 Å². The molecule has 8 N–H and O–H groups in total. The van der Waals surface area contributed by atoms with E-state index >= 15 is 0 Å². The molecule has 0 aromatic heterocycles. The van der Waals surface area contributed by atoms with Crippen LogP contribution in [0.15, 0.2) is 53.6 Å². The zero-order valence-corrected chi connectivity index (χ0v) is 50.1. The van der Waals surface area contributed by atoms with E-state index in [2.05, 4.69) is 43.6 Å². The number of carbonyl (C=O) groups excluding carboxylic acids is 2. The number of aliphatic hydroxyl groups is 3. The average molecular weight is 1130 g/mol. The number of hydrogen-bond acceptors (Lipinski definition) is 12. The Balaban J connectivity index is 0.000000565. The zero-order valence-electron chi connectivity index (χ0n) is 50.1. The first-order chi connectivity index (χ1) is 37.3. The smallest absolute Gasteiger partial charge is 0.307 e. The van der Waals surface area contributed by atoms with E-state index in [1.807, 2.05) is 48.5 Å². The van der Waals surface area contributed by atoms with Gasteiger partial charge < -0.3 is 45.2 Å². The summed E-state index contributed by atoms with van der Waals surface area (Å²) in [6.07, 6.45) is 9.15. The van der Waals surface area contributed by atoms with Gasteiger partial charge >= 0.3 is 17.9 Å². The summed E-state index contributed by atoms with van der Waals surface area (Å²) in [6.45, 7) is 12.4. The number of carboxylic acids is 3. The average Bonchev–Trinajstić information content (AvgIpc) is 3.37. The van der Waals surface area contributed by atoms with Crippen molar-refractivity contribution < 1.29 is 83.0 Å². The lowest BCUT2D eigenvalue weighted by Gasteiger charge is -2.34. The van der Waals surface area contributed by atoms with E-state index in [1.54, 1.807) is 56.1 Å². The van der Waals surface area contributed by atoms with Gasteiger partial charge in [-0.1, -0.05) is 117 Å². The third-order valence-corrected chi connectivity index (χ3v) is 15.6. The van der Waals surface area contributed by atoms with Crippen molar-refractivity contribution in [2.45, 2.75) is 155 Å². The molecule has 452 valence electrons. The molecule has 2 aliphatic carbocycles. The molecule has 0 spiro atoms. The van der Waals surface area contributed by atoms with Gasteiger partial charge in [0, 0.05) is 17.2 Å². The van der Waals surface area contributed by atoms with Gasteiger partial charge in [0.15, 0.2) is 0 Å². The number of benzene rings is 2. The van der Waals surface area contributed by atoms with Crippen molar-refractivity contribution in [2.75, 3.05) is 75.1 Å². The highest BCUT2D eigenvalue weighted by molar-refractivity contribution is 5.85. The number of nitrogens with one attached hydrogen (secondary N) is 2. The van der Waals surface area contributed by atoms with Crippen LogP contribution in [0.5, 0.6) is 11.5 Å². The normalized spacial score (nSPS) is 20.6. The number of aliphatic hydroxyl groups excluding tert-OH is 3. The van der Waals surface area contributed by atoms with Gasteiger partial charge in [-0.3, -0.25) is 24.0 Å². The number of amides is 2. The Kier molecular flexibility index (Phi) is 27.3. The van der Waals surface area contributed by atoms with Crippen LogP contribution in [0.25, 0.3) is 0 Å². The number of rotatable bonds is 31. The molecule has 0 radical (unpaired) electrons. The number of carboxylic acid groups (broad SMARTS) is 3. The van der Waals surface area contributed by atoms with Gasteiger partial charge in [0.2, 0.25) is 0 Å². The first-order valence-electron chi connectivity index (χ1n) is 28.9. The fraction of sp³-hybridized carbons (Fsp3) is 0.700. The summed E-state index contributed by atoms with van der Waals surface area (Å²) in [5.74, 6) is -6.31. The maximum absolute atomic E-state index is 13.0. The Morgan fingerprint density at radius 3 is 1.56 bits per heavy atom. The Morgan fingerprint density at radius 2 is 1.10 bits per heavy atom. The number of hydrogen-bond donors (Lipinski definition) is 8. The number of carbonyl (C=O) groups is 5. The minimum atomic E-state index is -0.964. The second kappa shape index (κ2) is 31.7. The van der Waals surface area contributed by atoms with Crippen molar-refractivity contribution >= 4 is 35.6 Å². The summed E-state index contributed by atoms with van der Waals surface area (Å²) >= 11 is 0. The molecule has 0 saturated heterocycles. The van der Waals surface area contributed by atoms with Crippen molar-refractivity contribution in [3.63, 3.8) is 0 Å². The molecule has 2 saturated carbocycles. The Hall–Kier alpha value is -5.38. The van der Waals surface area contributed by atoms with Gasteiger partial charge in [-0.25, -0.2) is 24.6 Å². The SMILES string of the molecule is CC(C)(c1ccc(OCC(O)C[N+](C)(C)N=C([O-])C2CCCCC2C(=O)O)cc1)c1ccc(OCC(O)C[N+](C)(C)NC(=O)C2CCCCC2C(=O)O)cc1.CCCCCCC(C)CC(C(=O)N[N+](C)(C)CC(C)O)C(C)C(=O)O. The number of unbranched alkanes of at least 4 members (excludes halogenated alkanes) is 3. The Bertz CT molecular complexity index is 2290. The predicted octanol–water partition coefficient (Wildman–Crippen LogP) is 5.94. The molecule has 2 aromatic carbocycles. The number of aliphatic carboxylic acids is 3. The summed E-state index contributed by atoms with van der Waals surface area (Å²) in [5.41, 5.74) is 7.47. The molecule has 2 aliphatic rings. The molecular formula is C60H100N6O14+2.